The van der Waals surface area contributed by atoms with Crippen molar-refractivity contribution in [3.05, 3.63) is 35.9 Å². The lowest BCUT2D eigenvalue weighted by molar-refractivity contribution is 0.0541. The van der Waals surface area contributed by atoms with Crippen molar-refractivity contribution in [2.24, 2.45) is 0 Å². The maximum Gasteiger partial charge on any atom is 0.410 e. The average molecular weight is 275 g/mol. The summed E-state index contributed by atoms with van der Waals surface area (Å²) in [5.74, 6) is -0.159. The van der Waals surface area contributed by atoms with Gasteiger partial charge in [-0.2, -0.15) is 0 Å². The number of carbonyl (C=O) groups is 2. The van der Waals surface area contributed by atoms with Crippen molar-refractivity contribution in [3.63, 3.8) is 0 Å². The molecule has 0 aromatic heterocycles. The standard InChI is InChI=1S/C16H21NO3/c1-13(15(18)14-9-5-4-6-10-14)20-16(19)17-11-7-2-3-8-12-17/h4-6,9-10,13H,2-3,7-8,11-12H2,1H3. The van der Waals surface area contributed by atoms with Gasteiger partial charge in [-0.3, -0.25) is 4.79 Å². The molecule has 4 heteroatoms. The van der Waals surface area contributed by atoms with E-state index in [0.717, 1.165) is 38.8 Å². The Morgan fingerprint density at radius 3 is 2.25 bits per heavy atom. The topological polar surface area (TPSA) is 46.6 Å². The van der Waals surface area contributed by atoms with Gasteiger partial charge < -0.3 is 9.64 Å². The lowest BCUT2D eigenvalue weighted by atomic mass is 10.1. The summed E-state index contributed by atoms with van der Waals surface area (Å²) < 4.78 is 5.30. The Bertz CT molecular complexity index is 450. The van der Waals surface area contributed by atoms with Gasteiger partial charge in [0.1, 0.15) is 0 Å². The number of hydrogen-bond acceptors (Lipinski definition) is 3. The second kappa shape index (κ2) is 7.08. The van der Waals surface area contributed by atoms with Crippen molar-refractivity contribution in [1.82, 2.24) is 4.90 Å². The fourth-order valence-electron chi connectivity index (χ4n) is 2.37. The van der Waals surface area contributed by atoms with Crippen molar-refractivity contribution >= 4 is 11.9 Å². The zero-order valence-electron chi connectivity index (χ0n) is 11.9. The maximum absolute atomic E-state index is 12.1. The second-order valence-electron chi connectivity index (χ2n) is 5.16. The molecule has 0 N–H and O–H groups in total. The van der Waals surface area contributed by atoms with Crippen LogP contribution in [0.2, 0.25) is 0 Å². The third-order valence-corrected chi connectivity index (χ3v) is 3.57. The van der Waals surface area contributed by atoms with Gasteiger partial charge in [-0.1, -0.05) is 43.2 Å². The molecular formula is C16H21NO3. The monoisotopic (exact) mass is 275 g/mol. The molecule has 1 aliphatic rings. The van der Waals surface area contributed by atoms with E-state index in [1.165, 1.54) is 0 Å². The number of likely N-dealkylation sites (tertiary alicyclic amines) is 1. The molecule has 0 saturated carbocycles. The highest BCUT2D eigenvalue weighted by Gasteiger charge is 2.23. The molecule has 4 nitrogen and oxygen atoms in total. The largest absolute Gasteiger partial charge is 0.438 e. The van der Waals surface area contributed by atoms with Crippen LogP contribution in [-0.4, -0.2) is 36.0 Å². The van der Waals surface area contributed by atoms with Gasteiger partial charge in [-0.05, 0) is 19.8 Å². The predicted octanol–water partition coefficient (Wildman–Crippen LogP) is 3.27. The molecule has 1 aliphatic heterocycles. The lowest BCUT2D eigenvalue weighted by Crippen LogP contribution is -2.36. The summed E-state index contributed by atoms with van der Waals surface area (Å²) in [4.78, 5) is 25.9. The quantitative estimate of drug-likeness (QED) is 0.795. The van der Waals surface area contributed by atoms with E-state index in [9.17, 15) is 9.59 Å². The minimum absolute atomic E-state index is 0.159. The Kier molecular flexibility index (Phi) is 5.16. The number of ether oxygens (including phenoxy) is 1. The number of benzene rings is 1. The van der Waals surface area contributed by atoms with Gasteiger partial charge in [0, 0.05) is 18.7 Å². The van der Waals surface area contributed by atoms with Crippen molar-refractivity contribution in [1.29, 1.82) is 0 Å². The smallest absolute Gasteiger partial charge is 0.410 e. The molecule has 1 unspecified atom stereocenters. The van der Waals surface area contributed by atoms with Gasteiger partial charge in [0.05, 0.1) is 0 Å². The number of carbonyl (C=O) groups excluding carboxylic acids is 2. The van der Waals surface area contributed by atoms with E-state index in [0.29, 0.717) is 5.56 Å². The molecule has 1 atom stereocenters. The predicted molar refractivity (Wildman–Crippen MR) is 76.8 cm³/mol. The zero-order valence-corrected chi connectivity index (χ0v) is 11.9. The van der Waals surface area contributed by atoms with Crippen LogP contribution in [0.3, 0.4) is 0 Å². The van der Waals surface area contributed by atoms with E-state index >= 15 is 0 Å². The fourth-order valence-corrected chi connectivity index (χ4v) is 2.37. The van der Waals surface area contributed by atoms with Gasteiger partial charge in [0.25, 0.3) is 0 Å². The number of Topliss-reactive ketones (excluding diaryl/α,β-unsaturated/α-hetero) is 1. The summed E-state index contributed by atoms with van der Waals surface area (Å²) in [6.45, 7) is 3.08. The Morgan fingerprint density at radius 1 is 1.05 bits per heavy atom. The molecule has 1 aromatic carbocycles. The SMILES string of the molecule is CC(OC(=O)N1CCCCCC1)C(=O)c1ccccc1. The van der Waals surface area contributed by atoms with Gasteiger partial charge in [0.2, 0.25) is 5.78 Å². The Morgan fingerprint density at radius 2 is 1.65 bits per heavy atom. The van der Waals surface area contributed by atoms with Gasteiger partial charge in [-0.15, -0.1) is 0 Å². The Hall–Kier alpha value is -1.84. The number of ketones is 1. The maximum atomic E-state index is 12.1. The van der Waals surface area contributed by atoms with Gasteiger partial charge in [-0.25, -0.2) is 4.79 Å². The summed E-state index contributed by atoms with van der Waals surface area (Å²) >= 11 is 0. The zero-order chi connectivity index (χ0) is 14.4. The van der Waals surface area contributed by atoms with Crippen molar-refractivity contribution in [2.75, 3.05) is 13.1 Å². The van der Waals surface area contributed by atoms with Gasteiger partial charge >= 0.3 is 6.09 Å². The summed E-state index contributed by atoms with van der Waals surface area (Å²) in [7, 11) is 0. The van der Waals surface area contributed by atoms with E-state index in [2.05, 4.69) is 0 Å². The number of hydrogen-bond donors (Lipinski definition) is 0. The normalized spacial score (nSPS) is 17.1. The van der Waals surface area contributed by atoms with Crippen LogP contribution in [0.15, 0.2) is 30.3 Å². The average Bonchev–Trinajstić information content (AvgIpc) is 2.76. The molecule has 0 aliphatic carbocycles. The van der Waals surface area contributed by atoms with Crippen LogP contribution in [-0.2, 0) is 4.74 Å². The van der Waals surface area contributed by atoms with Crippen molar-refractivity contribution in [2.45, 2.75) is 38.7 Å². The van der Waals surface area contributed by atoms with Crippen LogP contribution in [0.25, 0.3) is 0 Å². The molecule has 1 fully saturated rings. The van der Waals surface area contributed by atoms with Crippen LogP contribution >= 0.6 is 0 Å². The number of nitrogens with zero attached hydrogens (tertiary/aromatic N) is 1. The Labute approximate surface area is 119 Å². The van der Waals surface area contributed by atoms with Crippen LogP contribution in [0, 0.1) is 0 Å². The van der Waals surface area contributed by atoms with Crippen LogP contribution in [0.5, 0.6) is 0 Å². The number of amides is 1. The molecular weight excluding hydrogens is 254 g/mol. The molecule has 1 saturated heterocycles. The summed E-state index contributed by atoms with van der Waals surface area (Å²) in [5.41, 5.74) is 0.573. The van der Waals surface area contributed by atoms with Crippen molar-refractivity contribution < 1.29 is 14.3 Å². The highest BCUT2D eigenvalue weighted by atomic mass is 16.6. The van der Waals surface area contributed by atoms with E-state index in [1.54, 1.807) is 36.1 Å². The van der Waals surface area contributed by atoms with Crippen LogP contribution in [0.1, 0.15) is 43.0 Å². The molecule has 0 spiro atoms. The second-order valence-corrected chi connectivity index (χ2v) is 5.16. The molecule has 1 aromatic rings. The highest BCUT2D eigenvalue weighted by Crippen LogP contribution is 2.13. The minimum atomic E-state index is -0.742. The van der Waals surface area contributed by atoms with E-state index < -0.39 is 6.10 Å². The first-order chi connectivity index (χ1) is 9.68. The highest BCUT2D eigenvalue weighted by molar-refractivity contribution is 6.00. The summed E-state index contributed by atoms with van der Waals surface area (Å²) in [6.07, 6.45) is 3.22. The third-order valence-electron chi connectivity index (χ3n) is 3.57. The summed E-state index contributed by atoms with van der Waals surface area (Å²) in [5, 5.41) is 0. The van der Waals surface area contributed by atoms with E-state index in [-0.39, 0.29) is 11.9 Å². The fraction of sp³-hybridized carbons (Fsp3) is 0.500. The lowest BCUT2D eigenvalue weighted by Gasteiger charge is -2.22. The molecule has 0 radical (unpaired) electrons. The first-order valence-electron chi connectivity index (χ1n) is 7.23. The van der Waals surface area contributed by atoms with Gasteiger partial charge in [0.15, 0.2) is 6.10 Å². The third kappa shape index (κ3) is 3.83. The molecule has 20 heavy (non-hydrogen) atoms. The molecule has 2 rings (SSSR count). The first-order valence-corrected chi connectivity index (χ1v) is 7.23. The van der Waals surface area contributed by atoms with Crippen LogP contribution in [0.4, 0.5) is 4.79 Å². The van der Waals surface area contributed by atoms with E-state index in [1.807, 2.05) is 6.07 Å². The molecule has 1 amide bonds. The molecule has 0 bridgehead atoms. The van der Waals surface area contributed by atoms with Crippen LogP contribution < -0.4 is 0 Å². The first kappa shape index (κ1) is 14.6. The summed E-state index contributed by atoms with van der Waals surface area (Å²) in [6, 6.07) is 8.93. The van der Waals surface area contributed by atoms with E-state index in [4.69, 9.17) is 4.74 Å². The Balaban J connectivity index is 1.91. The van der Waals surface area contributed by atoms with Crippen molar-refractivity contribution in [3.8, 4) is 0 Å². The number of rotatable bonds is 3. The molecule has 108 valence electrons. The molecule has 1 heterocycles. The minimum Gasteiger partial charge on any atom is -0.438 e.